The fraction of sp³-hybridized carbons (Fsp3) is 1.00. The normalized spacial score (nSPS) is 13.9. The molecule has 0 saturated carbocycles. The molecular weight excluding hydrogens is 350 g/mol. The zero-order valence-electron chi connectivity index (χ0n) is 19.0. The van der Waals surface area contributed by atoms with Gasteiger partial charge >= 0.3 is 0 Å². The summed E-state index contributed by atoms with van der Waals surface area (Å²) in [6, 6.07) is 0.412. The summed E-state index contributed by atoms with van der Waals surface area (Å²) in [4.78, 5) is 2.20. The highest BCUT2D eigenvalue weighted by Gasteiger charge is 2.12. The molecule has 0 saturated heterocycles. The molecule has 0 aromatic rings. The molecule has 170 valence electrons. The average molecular weight is 402 g/mol. The van der Waals surface area contributed by atoms with Gasteiger partial charge in [0.15, 0.2) is 0 Å². The number of aliphatic hydroxyl groups excluding tert-OH is 2. The Morgan fingerprint density at radius 1 is 0.857 bits per heavy atom. The number of nitrogens with one attached hydrogen (secondary N) is 1. The third kappa shape index (κ3) is 19.1. The Bertz CT molecular complexity index is 306. The van der Waals surface area contributed by atoms with Gasteiger partial charge in [-0.15, -0.1) is 0 Å². The largest absolute Gasteiger partial charge is 0.395 e. The van der Waals surface area contributed by atoms with Crippen LogP contribution in [-0.2, 0) is 0 Å². The summed E-state index contributed by atoms with van der Waals surface area (Å²) >= 11 is 0. The van der Waals surface area contributed by atoms with Crippen LogP contribution in [0.2, 0.25) is 0 Å². The number of unbranched alkanes of at least 4 members (excludes halogenated alkanes) is 10. The second-order valence-electron chi connectivity index (χ2n) is 8.45. The molecule has 0 aromatic heterocycles. The van der Waals surface area contributed by atoms with E-state index in [1.54, 1.807) is 0 Å². The number of hydrogen-bond acceptors (Lipinski definition) is 5. The lowest BCUT2D eigenvalue weighted by Crippen LogP contribution is -2.42. The van der Waals surface area contributed by atoms with Crippen LogP contribution in [-0.4, -0.2) is 66.6 Å². The van der Waals surface area contributed by atoms with Crippen molar-refractivity contribution in [3.05, 3.63) is 0 Å². The lowest BCUT2D eigenvalue weighted by molar-refractivity contribution is 0.0955. The number of nitrogens with two attached hydrogens (primary N) is 1. The summed E-state index contributed by atoms with van der Waals surface area (Å²) in [5.74, 6) is 0. The van der Waals surface area contributed by atoms with Crippen LogP contribution in [0, 0.1) is 0 Å². The summed E-state index contributed by atoms with van der Waals surface area (Å²) in [5, 5.41) is 23.0. The van der Waals surface area contributed by atoms with Crippen LogP contribution in [0.3, 0.4) is 0 Å². The van der Waals surface area contributed by atoms with E-state index in [0.717, 1.165) is 38.8 Å². The highest BCUT2D eigenvalue weighted by Crippen LogP contribution is 2.11. The molecule has 2 atom stereocenters. The van der Waals surface area contributed by atoms with E-state index in [1.165, 1.54) is 57.8 Å². The van der Waals surface area contributed by atoms with Crippen LogP contribution in [0.25, 0.3) is 0 Å². The fourth-order valence-corrected chi connectivity index (χ4v) is 3.66. The molecule has 0 spiro atoms. The van der Waals surface area contributed by atoms with Gasteiger partial charge in [-0.25, -0.2) is 0 Å². The van der Waals surface area contributed by atoms with Crippen LogP contribution in [0.4, 0.5) is 0 Å². The summed E-state index contributed by atoms with van der Waals surface area (Å²) in [6.45, 7) is 8.22. The van der Waals surface area contributed by atoms with Gasteiger partial charge in [0.1, 0.15) is 0 Å². The maximum atomic E-state index is 10.3. The molecule has 0 fully saturated rings. The maximum absolute atomic E-state index is 10.3. The zero-order valence-corrected chi connectivity index (χ0v) is 19.0. The molecule has 0 aromatic carbocycles. The van der Waals surface area contributed by atoms with Crippen molar-refractivity contribution in [3.8, 4) is 0 Å². The molecule has 28 heavy (non-hydrogen) atoms. The SMILES string of the molecule is CCCCCCCCCCCCN(CCO)CC(O)CNC(C)CCCCN. The van der Waals surface area contributed by atoms with Gasteiger partial charge in [-0.3, -0.25) is 4.90 Å². The molecule has 0 rings (SSSR count). The van der Waals surface area contributed by atoms with E-state index < -0.39 is 0 Å². The molecule has 0 aliphatic heterocycles. The Morgan fingerprint density at radius 2 is 1.46 bits per heavy atom. The van der Waals surface area contributed by atoms with E-state index in [4.69, 9.17) is 5.73 Å². The number of rotatable bonds is 22. The van der Waals surface area contributed by atoms with Crippen LogP contribution in [0.5, 0.6) is 0 Å². The Kier molecular flexibility index (Phi) is 21.4. The van der Waals surface area contributed by atoms with Crippen molar-refractivity contribution in [3.63, 3.8) is 0 Å². The Balaban J connectivity index is 3.72. The molecule has 0 aliphatic carbocycles. The predicted octanol–water partition coefficient (Wildman–Crippen LogP) is 3.67. The lowest BCUT2D eigenvalue weighted by Gasteiger charge is -2.25. The monoisotopic (exact) mass is 401 g/mol. The van der Waals surface area contributed by atoms with Crippen LogP contribution in [0.15, 0.2) is 0 Å². The molecule has 0 amide bonds. The van der Waals surface area contributed by atoms with Gasteiger partial charge in [0, 0.05) is 25.7 Å². The molecule has 0 aliphatic rings. The van der Waals surface area contributed by atoms with Gasteiger partial charge in [0.2, 0.25) is 0 Å². The van der Waals surface area contributed by atoms with Gasteiger partial charge in [0.05, 0.1) is 12.7 Å². The first-order valence-electron chi connectivity index (χ1n) is 12.1. The minimum absolute atomic E-state index is 0.160. The Morgan fingerprint density at radius 3 is 2.04 bits per heavy atom. The molecule has 5 nitrogen and oxygen atoms in total. The molecule has 5 heteroatoms. The average Bonchev–Trinajstić information content (AvgIpc) is 2.68. The zero-order chi connectivity index (χ0) is 20.9. The maximum Gasteiger partial charge on any atom is 0.0791 e. The smallest absolute Gasteiger partial charge is 0.0791 e. The summed E-state index contributed by atoms with van der Waals surface area (Å²) in [5.41, 5.74) is 5.53. The highest BCUT2D eigenvalue weighted by molar-refractivity contribution is 4.70. The van der Waals surface area contributed by atoms with E-state index in [-0.39, 0.29) is 12.7 Å². The van der Waals surface area contributed by atoms with Gasteiger partial charge < -0.3 is 21.3 Å². The molecule has 2 unspecified atom stereocenters. The number of aliphatic hydroxyl groups is 2. The van der Waals surface area contributed by atoms with E-state index in [1.807, 2.05) is 0 Å². The number of nitrogens with zero attached hydrogens (tertiary/aromatic N) is 1. The van der Waals surface area contributed by atoms with Gasteiger partial charge in [-0.2, -0.15) is 0 Å². The third-order valence-electron chi connectivity index (χ3n) is 5.51. The van der Waals surface area contributed by atoms with Crippen molar-refractivity contribution in [2.45, 2.75) is 109 Å². The minimum atomic E-state index is -0.383. The standard InChI is InChI=1S/C23H51N3O2/c1-3-4-5-6-7-8-9-10-11-14-17-26(18-19-27)21-23(28)20-25-22(2)15-12-13-16-24/h22-23,25,27-28H,3-21,24H2,1-2H3. The number of hydrogen-bond donors (Lipinski definition) is 4. The molecular formula is C23H51N3O2. The summed E-state index contributed by atoms with van der Waals surface area (Å²) in [6.07, 6.45) is 16.3. The minimum Gasteiger partial charge on any atom is -0.395 e. The second kappa shape index (κ2) is 21.5. The van der Waals surface area contributed by atoms with Crippen molar-refractivity contribution in [1.29, 1.82) is 0 Å². The topological polar surface area (TPSA) is 81.8 Å². The Labute approximate surface area is 175 Å². The summed E-state index contributed by atoms with van der Waals surface area (Å²) < 4.78 is 0. The molecule has 5 N–H and O–H groups in total. The van der Waals surface area contributed by atoms with Crippen molar-refractivity contribution in [1.82, 2.24) is 10.2 Å². The predicted molar refractivity (Wildman–Crippen MR) is 122 cm³/mol. The van der Waals surface area contributed by atoms with Crippen LogP contribution in [0.1, 0.15) is 97.3 Å². The van der Waals surface area contributed by atoms with E-state index in [0.29, 0.717) is 25.7 Å². The van der Waals surface area contributed by atoms with E-state index >= 15 is 0 Å². The molecule has 0 heterocycles. The van der Waals surface area contributed by atoms with Gasteiger partial charge in [-0.1, -0.05) is 71.1 Å². The first kappa shape index (κ1) is 27.8. The van der Waals surface area contributed by atoms with Crippen molar-refractivity contribution in [2.24, 2.45) is 5.73 Å². The van der Waals surface area contributed by atoms with Crippen molar-refractivity contribution in [2.75, 3.05) is 39.3 Å². The van der Waals surface area contributed by atoms with Crippen molar-refractivity contribution < 1.29 is 10.2 Å². The van der Waals surface area contributed by atoms with Gasteiger partial charge in [-0.05, 0) is 39.3 Å². The third-order valence-corrected chi connectivity index (χ3v) is 5.51. The van der Waals surface area contributed by atoms with Crippen LogP contribution >= 0.6 is 0 Å². The van der Waals surface area contributed by atoms with E-state index in [2.05, 4.69) is 24.1 Å². The first-order chi connectivity index (χ1) is 13.6. The summed E-state index contributed by atoms with van der Waals surface area (Å²) in [7, 11) is 0. The Hall–Kier alpha value is -0.200. The molecule has 0 bridgehead atoms. The van der Waals surface area contributed by atoms with Crippen LogP contribution < -0.4 is 11.1 Å². The second-order valence-corrected chi connectivity index (χ2v) is 8.45. The molecule has 0 radical (unpaired) electrons. The fourth-order valence-electron chi connectivity index (χ4n) is 3.66. The van der Waals surface area contributed by atoms with Gasteiger partial charge in [0.25, 0.3) is 0 Å². The van der Waals surface area contributed by atoms with Crippen molar-refractivity contribution >= 4 is 0 Å². The first-order valence-corrected chi connectivity index (χ1v) is 12.1. The van der Waals surface area contributed by atoms with E-state index in [9.17, 15) is 10.2 Å². The lowest BCUT2D eigenvalue weighted by atomic mass is 10.1. The highest BCUT2D eigenvalue weighted by atomic mass is 16.3. The quantitative estimate of drug-likeness (QED) is 0.208.